The zero-order valence-corrected chi connectivity index (χ0v) is 14.9. The minimum absolute atomic E-state index is 0.166. The van der Waals surface area contributed by atoms with E-state index in [2.05, 4.69) is 20.8 Å². The minimum atomic E-state index is -0.336. The van der Waals surface area contributed by atoms with Gasteiger partial charge in [-0.15, -0.1) is 5.10 Å². The fourth-order valence-electron chi connectivity index (χ4n) is 2.62. The number of allylic oxidation sites excluding steroid dienone is 1. The molecule has 8 heteroatoms. The second kappa shape index (κ2) is 8.17. The molecule has 140 valence electrons. The number of ether oxygens (including phenoxy) is 2. The summed E-state index contributed by atoms with van der Waals surface area (Å²) < 4.78 is 12.2. The molecule has 8 nitrogen and oxygen atoms in total. The normalized spacial score (nSPS) is 12.7. The van der Waals surface area contributed by atoms with E-state index >= 15 is 0 Å². The summed E-state index contributed by atoms with van der Waals surface area (Å²) in [7, 11) is 0. The maximum Gasteiger partial charge on any atom is 0.271 e. The molecule has 0 saturated heterocycles. The Morgan fingerprint density at radius 3 is 2.93 bits per heavy atom. The molecule has 28 heavy (non-hydrogen) atoms. The van der Waals surface area contributed by atoms with E-state index in [1.807, 2.05) is 36.5 Å². The predicted octanol–water partition coefficient (Wildman–Crippen LogP) is 2.48. The number of fused-ring (bicyclic) bond motifs is 1. The number of hydrogen-bond donors (Lipinski definition) is 1. The van der Waals surface area contributed by atoms with Gasteiger partial charge in [0.2, 0.25) is 6.79 Å². The van der Waals surface area contributed by atoms with Crippen LogP contribution in [-0.2, 0) is 6.54 Å². The van der Waals surface area contributed by atoms with Crippen LogP contribution in [0.1, 0.15) is 21.6 Å². The van der Waals surface area contributed by atoms with Crippen molar-refractivity contribution < 1.29 is 14.3 Å². The zero-order valence-electron chi connectivity index (χ0n) is 14.9. The van der Waals surface area contributed by atoms with Crippen LogP contribution in [0.5, 0.6) is 11.5 Å². The van der Waals surface area contributed by atoms with Crippen LogP contribution in [0.4, 0.5) is 0 Å². The standard InChI is InChI=1S/C20H17N5O3/c26-20(16-8-9-18-19(11-16)28-14-27-18)23-21-10-4-7-17-13-25(24-22-17)12-15-5-2-1-3-6-15/h1-11,13H,12,14H2,(H,23,26)/b7-4+,21-10-. The van der Waals surface area contributed by atoms with Crippen molar-refractivity contribution in [3.8, 4) is 11.5 Å². The van der Waals surface area contributed by atoms with E-state index < -0.39 is 0 Å². The fourth-order valence-corrected chi connectivity index (χ4v) is 2.62. The highest BCUT2D eigenvalue weighted by molar-refractivity contribution is 5.95. The monoisotopic (exact) mass is 375 g/mol. The summed E-state index contributed by atoms with van der Waals surface area (Å²) in [6, 6.07) is 15.0. The number of hydrogen-bond acceptors (Lipinski definition) is 6. The molecule has 1 amide bonds. The van der Waals surface area contributed by atoms with Crippen molar-refractivity contribution in [2.75, 3.05) is 6.79 Å². The van der Waals surface area contributed by atoms with Crippen molar-refractivity contribution in [3.63, 3.8) is 0 Å². The van der Waals surface area contributed by atoms with Gasteiger partial charge in [0.25, 0.3) is 5.91 Å². The average Bonchev–Trinajstić information content (AvgIpc) is 3.37. The van der Waals surface area contributed by atoms with Crippen molar-refractivity contribution >= 4 is 18.2 Å². The Kier molecular flexibility index (Phi) is 5.10. The number of rotatable bonds is 6. The number of nitrogens with one attached hydrogen (secondary N) is 1. The fraction of sp³-hybridized carbons (Fsp3) is 0.100. The van der Waals surface area contributed by atoms with Crippen LogP contribution in [0.2, 0.25) is 0 Å². The van der Waals surface area contributed by atoms with Crippen molar-refractivity contribution in [2.24, 2.45) is 5.10 Å². The van der Waals surface area contributed by atoms with Gasteiger partial charge in [-0.3, -0.25) is 4.79 Å². The highest BCUT2D eigenvalue weighted by atomic mass is 16.7. The smallest absolute Gasteiger partial charge is 0.271 e. The SMILES string of the molecule is O=C(N/N=C\C=C\c1cn(Cc2ccccc2)nn1)c1ccc2c(c1)OCO2. The summed E-state index contributed by atoms with van der Waals surface area (Å²) in [5.41, 5.74) is 4.74. The van der Waals surface area contributed by atoms with Crippen molar-refractivity contribution in [1.82, 2.24) is 20.4 Å². The first-order valence-corrected chi connectivity index (χ1v) is 8.62. The highest BCUT2D eigenvalue weighted by Crippen LogP contribution is 2.32. The lowest BCUT2D eigenvalue weighted by molar-refractivity contribution is 0.0954. The second-order valence-corrected chi connectivity index (χ2v) is 5.97. The van der Waals surface area contributed by atoms with Gasteiger partial charge in [0.15, 0.2) is 11.5 Å². The number of carbonyl (C=O) groups is 1. The Morgan fingerprint density at radius 1 is 1.18 bits per heavy atom. The second-order valence-electron chi connectivity index (χ2n) is 5.97. The number of carbonyl (C=O) groups excluding carboxylic acids is 1. The van der Waals surface area contributed by atoms with Crippen LogP contribution in [0.25, 0.3) is 6.08 Å². The first-order valence-electron chi connectivity index (χ1n) is 8.62. The highest BCUT2D eigenvalue weighted by Gasteiger charge is 2.15. The number of nitrogens with zero attached hydrogens (tertiary/aromatic N) is 4. The Bertz CT molecular complexity index is 1030. The molecule has 0 fully saturated rings. The first-order chi connectivity index (χ1) is 13.8. The van der Waals surface area contributed by atoms with E-state index in [1.165, 1.54) is 6.21 Å². The topological polar surface area (TPSA) is 90.6 Å². The van der Waals surface area contributed by atoms with Gasteiger partial charge in [0, 0.05) is 11.8 Å². The van der Waals surface area contributed by atoms with Crippen LogP contribution in [0.15, 0.2) is 65.9 Å². The van der Waals surface area contributed by atoms with Gasteiger partial charge < -0.3 is 9.47 Å². The summed E-state index contributed by atoms with van der Waals surface area (Å²) in [4.78, 5) is 12.1. The van der Waals surface area contributed by atoms with E-state index in [0.29, 0.717) is 29.3 Å². The molecule has 1 N–H and O–H groups in total. The van der Waals surface area contributed by atoms with Gasteiger partial charge in [-0.2, -0.15) is 5.10 Å². The average molecular weight is 375 g/mol. The minimum Gasteiger partial charge on any atom is -0.454 e. The molecule has 2 heterocycles. The summed E-state index contributed by atoms with van der Waals surface area (Å²) >= 11 is 0. The van der Waals surface area contributed by atoms with Gasteiger partial charge in [0.1, 0.15) is 5.69 Å². The molecule has 3 aromatic rings. The van der Waals surface area contributed by atoms with Crippen LogP contribution >= 0.6 is 0 Å². The van der Waals surface area contributed by atoms with Crippen LogP contribution in [-0.4, -0.2) is 33.9 Å². The van der Waals surface area contributed by atoms with Gasteiger partial charge in [0.05, 0.1) is 12.7 Å². The molecular weight excluding hydrogens is 358 g/mol. The third-order valence-electron chi connectivity index (χ3n) is 3.97. The molecule has 0 unspecified atom stereocenters. The first kappa shape index (κ1) is 17.5. The zero-order chi connectivity index (χ0) is 19.2. The maximum atomic E-state index is 12.1. The summed E-state index contributed by atoms with van der Waals surface area (Å²) in [6.07, 6.45) is 6.74. The molecule has 0 atom stereocenters. The lowest BCUT2D eigenvalue weighted by atomic mass is 10.2. The molecule has 0 saturated carbocycles. The lowest BCUT2D eigenvalue weighted by Crippen LogP contribution is -2.17. The Balaban J connectivity index is 1.29. The molecule has 4 rings (SSSR count). The molecule has 1 aliphatic heterocycles. The Hall–Kier alpha value is -3.94. The quantitative estimate of drug-likeness (QED) is 0.528. The number of benzene rings is 2. The van der Waals surface area contributed by atoms with Crippen LogP contribution in [0, 0.1) is 0 Å². The van der Waals surface area contributed by atoms with E-state index in [-0.39, 0.29) is 12.7 Å². The molecule has 0 bridgehead atoms. The lowest BCUT2D eigenvalue weighted by Gasteiger charge is -2.01. The van der Waals surface area contributed by atoms with Crippen molar-refractivity contribution in [3.05, 3.63) is 77.6 Å². The molecule has 2 aromatic carbocycles. The summed E-state index contributed by atoms with van der Waals surface area (Å²) in [5.74, 6) is 0.843. The number of aromatic nitrogens is 3. The van der Waals surface area contributed by atoms with Gasteiger partial charge in [-0.1, -0.05) is 35.5 Å². The summed E-state index contributed by atoms with van der Waals surface area (Å²) in [6.45, 7) is 0.820. The van der Waals surface area contributed by atoms with Crippen LogP contribution in [0.3, 0.4) is 0 Å². The van der Waals surface area contributed by atoms with E-state index in [1.54, 1.807) is 35.0 Å². The largest absolute Gasteiger partial charge is 0.454 e. The molecule has 0 aliphatic carbocycles. The van der Waals surface area contributed by atoms with Gasteiger partial charge in [-0.25, -0.2) is 10.1 Å². The summed E-state index contributed by atoms with van der Waals surface area (Å²) in [5, 5.41) is 12.1. The van der Waals surface area contributed by atoms with E-state index in [9.17, 15) is 4.79 Å². The number of hydrazone groups is 1. The predicted molar refractivity (Wildman–Crippen MR) is 103 cm³/mol. The maximum absolute atomic E-state index is 12.1. The number of amides is 1. The molecule has 1 aromatic heterocycles. The molecule has 1 aliphatic rings. The van der Waals surface area contributed by atoms with E-state index in [0.717, 1.165) is 5.56 Å². The Morgan fingerprint density at radius 2 is 2.04 bits per heavy atom. The Labute approximate surface area is 161 Å². The van der Waals surface area contributed by atoms with Crippen molar-refractivity contribution in [1.29, 1.82) is 0 Å². The third kappa shape index (κ3) is 4.24. The van der Waals surface area contributed by atoms with Gasteiger partial charge >= 0.3 is 0 Å². The van der Waals surface area contributed by atoms with Gasteiger partial charge in [-0.05, 0) is 35.9 Å². The van der Waals surface area contributed by atoms with Crippen molar-refractivity contribution in [2.45, 2.75) is 6.54 Å². The molecular formula is C20H17N5O3. The third-order valence-corrected chi connectivity index (χ3v) is 3.97. The van der Waals surface area contributed by atoms with E-state index in [4.69, 9.17) is 9.47 Å². The molecule has 0 radical (unpaired) electrons. The molecule has 0 spiro atoms. The van der Waals surface area contributed by atoms with Crippen LogP contribution < -0.4 is 14.9 Å².